The molecule has 0 spiro atoms. The molecule has 3 aromatic rings. The maximum Gasteiger partial charge on any atom is 0.234 e. The highest BCUT2D eigenvalue weighted by Crippen LogP contribution is 2.26. The van der Waals surface area contributed by atoms with Crippen molar-refractivity contribution in [2.24, 2.45) is 0 Å². The summed E-state index contributed by atoms with van der Waals surface area (Å²) < 4.78 is 8.72. The van der Waals surface area contributed by atoms with E-state index >= 15 is 0 Å². The quantitative estimate of drug-likeness (QED) is 0.428. The summed E-state index contributed by atoms with van der Waals surface area (Å²) in [5, 5.41) is 12.5. The zero-order chi connectivity index (χ0) is 20.8. The van der Waals surface area contributed by atoms with Crippen LogP contribution < -0.4 is 10.1 Å². The number of anilines is 1. The number of amides is 1. The number of benzene rings is 2. The Balaban J connectivity index is 1.59. The molecule has 1 aromatic heterocycles. The molecule has 0 radical (unpaired) electrons. The number of hydrogen-bond donors (Lipinski definition) is 1. The van der Waals surface area contributed by atoms with E-state index in [4.69, 9.17) is 16.3 Å². The first kappa shape index (κ1) is 21.7. The lowest BCUT2D eigenvalue weighted by Crippen LogP contribution is -2.14. The number of thioether (sulfide) groups is 1. The van der Waals surface area contributed by atoms with Gasteiger partial charge in [0.15, 0.2) is 11.0 Å². The summed E-state index contributed by atoms with van der Waals surface area (Å²) in [7, 11) is 0. The van der Waals surface area contributed by atoms with Gasteiger partial charge in [0.05, 0.1) is 10.8 Å². The number of rotatable bonds is 8. The van der Waals surface area contributed by atoms with Crippen molar-refractivity contribution in [1.29, 1.82) is 0 Å². The monoisotopic (exact) mass is 494 g/mol. The van der Waals surface area contributed by atoms with Crippen LogP contribution in [0.4, 0.5) is 5.69 Å². The first-order valence-corrected chi connectivity index (χ1v) is 11.1. The van der Waals surface area contributed by atoms with Gasteiger partial charge in [0.2, 0.25) is 5.91 Å². The topological polar surface area (TPSA) is 69.0 Å². The van der Waals surface area contributed by atoms with Gasteiger partial charge in [0.25, 0.3) is 0 Å². The Morgan fingerprint density at radius 3 is 2.72 bits per heavy atom. The molecule has 2 aromatic carbocycles. The Hall–Kier alpha value is -2.03. The molecule has 1 N–H and O–H groups in total. The fourth-order valence-corrected chi connectivity index (χ4v) is 3.83. The average Bonchev–Trinajstić information content (AvgIpc) is 3.10. The fraction of sp³-hybridized carbons (Fsp3) is 0.250. The molecule has 3 rings (SSSR count). The zero-order valence-electron chi connectivity index (χ0n) is 16.0. The second-order valence-corrected chi connectivity index (χ2v) is 8.47. The van der Waals surface area contributed by atoms with Gasteiger partial charge in [-0.1, -0.05) is 45.4 Å². The van der Waals surface area contributed by atoms with Crippen LogP contribution in [-0.2, 0) is 17.9 Å². The lowest BCUT2D eigenvalue weighted by Gasteiger charge is -2.10. The van der Waals surface area contributed by atoms with E-state index in [1.807, 2.05) is 60.9 Å². The summed E-state index contributed by atoms with van der Waals surface area (Å²) in [6, 6.07) is 13.1. The van der Waals surface area contributed by atoms with Gasteiger partial charge < -0.3 is 14.6 Å². The normalized spacial score (nSPS) is 10.8. The summed E-state index contributed by atoms with van der Waals surface area (Å²) in [5.41, 5.74) is 1.81. The Labute approximate surface area is 187 Å². The van der Waals surface area contributed by atoms with Crippen molar-refractivity contribution in [3.63, 3.8) is 0 Å². The van der Waals surface area contributed by atoms with E-state index in [-0.39, 0.29) is 18.3 Å². The Kier molecular flexibility index (Phi) is 7.57. The van der Waals surface area contributed by atoms with Gasteiger partial charge in [-0.3, -0.25) is 4.79 Å². The highest BCUT2D eigenvalue weighted by Gasteiger charge is 2.14. The van der Waals surface area contributed by atoms with Gasteiger partial charge >= 0.3 is 0 Å². The molecule has 0 aliphatic heterocycles. The van der Waals surface area contributed by atoms with Gasteiger partial charge in [-0.25, -0.2) is 0 Å². The van der Waals surface area contributed by atoms with Gasteiger partial charge in [-0.05, 0) is 55.8 Å². The molecule has 6 nitrogen and oxygen atoms in total. The first-order valence-electron chi connectivity index (χ1n) is 8.95. The highest BCUT2D eigenvalue weighted by atomic mass is 79.9. The number of aryl methyl sites for hydroxylation is 1. The number of hydrogen-bond acceptors (Lipinski definition) is 5. The molecule has 0 aliphatic rings. The second-order valence-electron chi connectivity index (χ2n) is 6.21. The second kappa shape index (κ2) is 10.1. The average molecular weight is 496 g/mol. The van der Waals surface area contributed by atoms with Crippen molar-refractivity contribution < 1.29 is 9.53 Å². The number of halogens is 2. The maximum atomic E-state index is 12.2. The van der Waals surface area contributed by atoms with E-state index in [0.717, 1.165) is 15.7 Å². The molecule has 1 heterocycles. The third kappa shape index (κ3) is 5.98. The first-order chi connectivity index (χ1) is 14.0. The van der Waals surface area contributed by atoms with E-state index in [0.29, 0.717) is 28.3 Å². The van der Waals surface area contributed by atoms with Gasteiger partial charge in [0, 0.05) is 16.7 Å². The van der Waals surface area contributed by atoms with Crippen molar-refractivity contribution in [1.82, 2.24) is 14.8 Å². The minimum absolute atomic E-state index is 0.104. The molecular formula is C20H20BrClN4O2S. The molecule has 0 saturated carbocycles. The number of ether oxygens (including phenoxy) is 1. The minimum atomic E-state index is -0.104. The molecule has 0 aliphatic carbocycles. The van der Waals surface area contributed by atoms with Crippen LogP contribution in [0.2, 0.25) is 5.02 Å². The van der Waals surface area contributed by atoms with Crippen molar-refractivity contribution in [2.45, 2.75) is 32.2 Å². The Bertz CT molecular complexity index is 995. The van der Waals surface area contributed by atoms with Crippen molar-refractivity contribution in [3.8, 4) is 5.75 Å². The highest BCUT2D eigenvalue weighted by molar-refractivity contribution is 9.10. The van der Waals surface area contributed by atoms with E-state index < -0.39 is 0 Å². The van der Waals surface area contributed by atoms with Gasteiger partial charge in [-0.2, -0.15) is 0 Å². The van der Waals surface area contributed by atoms with Crippen LogP contribution in [0.15, 0.2) is 52.1 Å². The number of carbonyl (C=O) groups is 1. The third-order valence-electron chi connectivity index (χ3n) is 4.01. The Morgan fingerprint density at radius 2 is 2.00 bits per heavy atom. The predicted molar refractivity (Wildman–Crippen MR) is 120 cm³/mol. The maximum absolute atomic E-state index is 12.2. The predicted octanol–water partition coefficient (Wildman–Crippen LogP) is 5.33. The number of nitrogens with one attached hydrogen (secondary N) is 1. The molecular weight excluding hydrogens is 476 g/mol. The van der Waals surface area contributed by atoms with Crippen LogP contribution in [0.1, 0.15) is 18.3 Å². The van der Waals surface area contributed by atoms with E-state index in [2.05, 4.69) is 31.4 Å². The van der Waals surface area contributed by atoms with Crippen LogP contribution in [-0.4, -0.2) is 26.4 Å². The molecule has 0 bridgehead atoms. The van der Waals surface area contributed by atoms with Crippen molar-refractivity contribution in [3.05, 3.63) is 63.3 Å². The SMILES string of the molecule is CCn1c(COc2cc(C)ccc2Cl)nnc1SCC(=O)Nc1ccc(Br)cc1. The number of carbonyl (C=O) groups excluding carboxylic acids is 1. The lowest BCUT2D eigenvalue weighted by molar-refractivity contribution is -0.113. The molecule has 9 heteroatoms. The minimum Gasteiger partial charge on any atom is -0.484 e. The summed E-state index contributed by atoms with van der Waals surface area (Å²) in [6.07, 6.45) is 0. The fourth-order valence-electron chi connectivity index (χ4n) is 2.57. The third-order valence-corrected chi connectivity index (χ3v) is 5.82. The summed E-state index contributed by atoms with van der Waals surface area (Å²) in [4.78, 5) is 12.2. The molecule has 0 fully saturated rings. The summed E-state index contributed by atoms with van der Waals surface area (Å²) in [5.74, 6) is 1.42. The molecule has 0 unspecified atom stereocenters. The van der Waals surface area contributed by atoms with Crippen molar-refractivity contribution >= 4 is 50.9 Å². The van der Waals surface area contributed by atoms with E-state index in [1.165, 1.54) is 11.8 Å². The molecule has 152 valence electrons. The van der Waals surface area contributed by atoms with Gasteiger partial charge in [-0.15, -0.1) is 10.2 Å². The Morgan fingerprint density at radius 1 is 1.24 bits per heavy atom. The molecule has 29 heavy (non-hydrogen) atoms. The van der Waals surface area contributed by atoms with Gasteiger partial charge in [0.1, 0.15) is 12.4 Å². The summed E-state index contributed by atoms with van der Waals surface area (Å²) in [6.45, 7) is 4.89. The van der Waals surface area contributed by atoms with Crippen LogP contribution >= 0.6 is 39.3 Å². The summed E-state index contributed by atoms with van der Waals surface area (Å²) >= 11 is 10.9. The number of nitrogens with zero attached hydrogens (tertiary/aromatic N) is 3. The van der Waals surface area contributed by atoms with Crippen LogP contribution in [0.3, 0.4) is 0 Å². The molecule has 0 saturated heterocycles. The van der Waals surface area contributed by atoms with Crippen LogP contribution in [0.25, 0.3) is 0 Å². The zero-order valence-corrected chi connectivity index (χ0v) is 19.1. The smallest absolute Gasteiger partial charge is 0.234 e. The van der Waals surface area contributed by atoms with Crippen LogP contribution in [0.5, 0.6) is 5.75 Å². The van der Waals surface area contributed by atoms with E-state index in [9.17, 15) is 4.79 Å². The number of aromatic nitrogens is 3. The largest absolute Gasteiger partial charge is 0.484 e. The van der Waals surface area contributed by atoms with Crippen molar-refractivity contribution in [2.75, 3.05) is 11.1 Å². The molecule has 0 atom stereocenters. The lowest BCUT2D eigenvalue weighted by atomic mass is 10.2. The standard InChI is InChI=1S/C20H20BrClN4O2S/c1-3-26-18(11-28-17-10-13(2)4-9-16(17)22)24-25-20(26)29-12-19(27)23-15-7-5-14(21)6-8-15/h4-10H,3,11-12H2,1-2H3,(H,23,27). The molecule has 1 amide bonds. The van der Waals surface area contributed by atoms with E-state index in [1.54, 1.807) is 0 Å². The van der Waals surface area contributed by atoms with Crippen LogP contribution in [0, 0.1) is 6.92 Å².